The molecule has 2 aromatic rings. The van der Waals surface area contributed by atoms with Gasteiger partial charge >= 0.3 is 0 Å². The summed E-state index contributed by atoms with van der Waals surface area (Å²) in [5.41, 5.74) is 8.25. The third-order valence-electron chi connectivity index (χ3n) is 4.36. The number of hydrogen-bond acceptors (Lipinski definition) is 5. The first-order valence-corrected chi connectivity index (χ1v) is 7.24. The van der Waals surface area contributed by atoms with Crippen LogP contribution in [-0.2, 0) is 0 Å². The molecule has 1 saturated heterocycles. The minimum Gasteiger partial charge on any atom is -0.368 e. The zero-order valence-electron chi connectivity index (χ0n) is 11.6. The summed E-state index contributed by atoms with van der Waals surface area (Å²) in [6, 6.07) is 7.11. The molecule has 5 heteroatoms. The molecule has 1 aliphatic heterocycles. The summed E-state index contributed by atoms with van der Waals surface area (Å²) in [6.07, 6.45) is 2.60. The number of fused-ring (bicyclic) bond motifs is 1. The maximum atomic E-state index is 5.89. The maximum Gasteiger partial charge on any atom is 0.222 e. The lowest BCUT2D eigenvalue weighted by Gasteiger charge is -2.40. The van der Waals surface area contributed by atoms with E-state index in [1.54, 1.807) is 0 Å². The molecule has 5 nitrogen and oxygen atoms in total. The van der Waals surface area contributed by atoms with Crippen LogP contribution in [0.2, 0.25) is 0 Å². The fraction of sp³-hybridized carbons (Fsp3) is 0.467. The van der Waals surface area contributed by atoms with Crippen LogP contribution >= 0.6 is 0 Å². The van der Waals surface area contributed by atoms with Crippen LogP contribution in [-0.4, -0.2) is 36.1 Å². The van der Waals surface area contributed by atoms with Gasteiger partial charge in [0.1, 0.15) is 5.82 Å². The summed E-state index contributed by atoms with van der Waals surface area (Å²) < 4.78 is 0. The Kier molecular flexibility index (Phi) is 2.57. The average molecular weight is 269 g/mol. The lowest BCUT2D eigenvalue weighted by molar-refractivity contribution is 0.448. The Labute approximate surface area is 118 Å². The Balaban J connectivity index is 1.76. The van der Waals surface area contributed by atoms with Crippen molar-refractivity contribution < 1.29 is 0 Å². The monoisotopic (exact) mass is 269 g/mol. The van der Waals surface area contributed by atoms with Crippen molar-refractivity contribution in [1.82, 2.24) is 15.3 Å². The molecule has 0 amide bonds. The van der Waals surface area contributed by atoms with Crippen LogP contribution in [0, 0.1) is 0 Å². The minimum atomic E-state index is 0.369. The highest BCUT2D eigenvalue weighted by Gasteiger charge is 2.29. The molecule has 1 aliphatic carbocycles. The fourth-order valence-corrected chi connectivity index (χ4v) is 2.89. The van der Waals surface area contributed by atoms with E-state index in [1.807, 2.05) is 7.05 Å². The van der Waals surface area contributed by atoms with Crippen LogP contribution < -0.4 is 16.0 Å². The molecule has 3 N–H and O–H groups in total. The fourth-order valence-electron chi connectivity index (χ4n) is 2.89. The number of nitrogen functional groups attached to an aromatic ring is 1. The van der Waals surface area contributed by atoms with Gasteiger partial charge in [0.2, 0.25) is 5.95 Å². The van der Waals surface area contributed by atoms with E-state index in [4.69, 9.17) is 5.73 Å². The SMILES string of the molecule is CNC1CN(c2nc(N)nc3cc(C4CC4)ccc23)C1. The van der Waals surface area contributed by atoms with Gasteiger partial charge in [0.05, 0.1) is 5.52 Å². The van der Waals surface area contributed by atoms with Gasteiger partial charge in [-0.15, -0.1) is 0 Å². The number of hydrogen-bond donors (Lipinski definition) is 2. The second kappa shape index (κ2) is 4.31. The molecule has 1 aromatic carbocycles. The third kappa shape index (κ3) is 1.89. The average Bonchev–Trinajstić information content (AvgIpc) is 3.20. The Morgan fingerprint density at radius 3 is 2.75 bits per heavy atom. The largest absolute Gasteiger partial charge is 0.368 e. The van der Waals surface area contributed by atoms with Crippen molar-refractivity contribution in [3.05, 3.63) is 23.8 Å². The summed E-state index contributed by atoms with van der Waals surface area (Å²) in [6.45, 7) is 1.96. The number of likely N-dealkylation sites (N-methyl/N-ethyl adjacent to an activating group) is 1. The lowest BCUT2D eigenvalue weighted by atomic mass is 10.1. The lowest BCUT2D eigenvalue weighted by Crippen LogP contribution is -2.57. The molecule has 0 bridgehead atoms. The van der Waals surface area contributed by atoms with Gasteiger partial charge in [-0.25, -0.2) is 4.98 Å². The van der Waals surface area contributed by atoms with E-state index in [9.17, 15) is 0 Å². The van der Waals surface area contributed by atoms with Gasteiger partial charge < -0.3 is 16.0 Å². The van der Waals surface area contributed by atoms with Gasteiger partial charge in [-0.05, 0) is 43.5 Å². The number of nitrogens with one attached hydrogen (secondary N) is 1. The van der Waals surface area contributed by atoms with Crippen molar-refractivity contribution in [2.24, 2.45) is 0 Å². The van der Waals surface area contributed by atoms with E-state index in [-0.39, 0.29) is 0 Å². The van der Waals surface area contributed by atoms with Gasteiger partial charge in [-0.1, -0.05) is 6.07 Å². The highest BCUT2D eigenvalue weighted by molar-refractivity contribution is 5.91. The number of rotatable bonds is 3. The molecular formula is C15H19N5. The second-order valence-electron chi connectivity index (χ2n) is 5.85. The zero-order chi connectivity index (χ0) is 13.7. The number of nitrogens with two attached hydrogens (primary N) is 1. The van der Waals surface area contributed by atoms with Crippen molar-refractivity contribution in [1.29, 1.82) is 0 Å². The first kappa shape index (κ1) is 11.9. The van der Waals surface area contributed by atoms with E-state index in [0.29, 0.717) is 12.0 Å². The molecule has 2 heterocycles. The van der Waals surface area contributed by atoms with Crippen molar-refractivity contribution >= 4 is 22.7 Å². The van der Waals surface area contributed by atoms with Gasteiger partial charge in [0, 0.05) is 24.5 Å². The standard InChI is InChI=1S/C15H19N5/c1-17-11-7-20(8-11)14-12-5-4-10(9-2-3-9)6-13(12)18-15(16)19-14/h4-6,9,11,17H,2-3,7-8H2,1H3,(H2,16,18,19). The third-order valence-corrected chi connectivity index (χ3v) is 4.36. The molecule has 2 fully saturated rings. The Morgan fingerprint density at radius 2 is 2.05 bits per heavy atom. The molecule has 0 unspecified atom stereocenters. The van der Waals surface area contributed by atoms with Crippen molar-refractivity contribution in [2.75, 3.05) is 30.8 Å². The van der Waals surface area contributed by atoms with E-state index in [1.165, 1.54) is 18.4 Å². The van der Waals surface area contributed by atoms with E-state index in [0.717, 1.165) is 35.7 Å². The zero-order valence-corrected chi connectivity index (χ0v) is 11.6. The molecule has 4 rings (SSSR count). The number of nitrogens with zero attached hydrogens (tertiary/aromatic N) is 3. The molecular weight excluding hydrogens is 250 g/mol. The molecule has 1 saturated carbocycles. The quantitative estimate of drug-likeness (QED) is 0.884. The molecule has 1 aromatic heterocycles. The first-order valence-electron chi connectivity index (χ1n) is 7.24. The van der Waals surface area contributed by atoms with Crippen LogP contribution in [0.25, 0.3) is 10.9 Å². The normalized spacial score (nSPS) is 19.4. The Bertz CT molecular complexity index is 659. The predicted molar refractivity (Wildman–Crippen MR) is 81.0 cm³/mol. The summed E-state index contributed by atoms with van der Waals surface area (Å²) in [4.78, 5) is 11.1. The summed E-state index contributed by atoms with van der Waals surface area (Å²) >= 11 is 0. The summed E-state index contributed by atoms with van der Waals surface area (Å²) in [5, 5.41) is 4.39. The highest BCUT2D eigenvalue weighted by Crippen LogP contribution is 2.41. The molecule has 0 radical (unpaired) electrons. The molecule has 20 heavy (non-hydrogen) atoms. The minimum absolute atomic E-state index is 0.369. The molecule has 104 valence electrons. The van der Waals surface area contributed by atoms with Gasteiger partial charge in [0.15, 0.2) is 0 Å². The van der Waals surface area contributed by atoms with Gasteiger partial charge in [-0.3, -0.25) is 0 Å². The predicted octanol–water partition coefficient (Wildman–Crippen LogP) is 1.50. The molecule has 2 aliphatic rings. The molecule has 0 spiro atoms. The number of benzene rings is 1. The van der Waals surface area contributed by atoms with Crippen molar-refractivity contribution in [3.63, 3.8) is 0 Å². The highest BCUT2D eigenvalue weighted by atomic mass is 15.3. The van der Waals surface area contributed by atoms with Crippen LogP contribution in [0.1, 0.15) is 24.3 Å². The van der Waals surface area contributed by atoms with Gasteiger partial charge in [-0.2, -0.15) is 4.98 Å². The summed E-state index contributed by atoms with van der Waals surface area (Å²) in [7, 11) is 2.00. The Morgan fingerprint density at radius 1 is 1.25 bits per heavy atom. The Hall–Kier alpha value is -1.88. The topological polar surface area (TPSA) is 67.1 Å². The van der Waals surface area contributed by atoms with E-state index >= 15 is 0 Å². The van der Waals surface area contributed by atoms with Crippen LogP contribution in [0.4, 0.5) is 11.8 Å². The molecule has 0 atom stereocenters. The van der Waals surface area contributed by atoms with Gasteiger partial charge in [0.25, 0.3) is 0 Å². The van der Waals surface area contributed by atoms with E-state index in [2.05, 4.69) is 38.4 Å². The smallest absolute Gasteiger partial charge is 0.222 e. The van der Waals surface area contributed by atoms with Crippen LogP contribution in [0.3, 0.4) is 0 Å². The van der Waals surface area contributed by atoms with E-state index < -0.39 is 0 Å². The van der Waals surface area contributed by atoms with Crippen molar-refractivity contribution in [3.8, 4) is 0 Å². The second-order valence-corrected chi connectivity index (χ2v) is 5.85. The van der Waals surface area contributed by atoms with Crippen LogP contribution in [0.5, 0.6) is 0 Å². The first-order chi connectivity index (χ1) is 9.74. The maximum absolute atomic E-state index is 5.89. The number of anilines is 2. The summed E-state index contributed by atoms with van der Waals surface area (Å²) in [5.74, 6) is 2.08. The van der Waals surface area contributed by atoms with Crippen molar-refractivity contribution in [2.45, 2.75) is 24.8 Å². The van der Waals surface area contributed by atoms with Crippen LogP contribution in [0.15, 0.2) is 18.2 Å². The number of aromatic nitrogens is 2.